The van der Waals surface area contributed by atoms with E-state index in [1.807, 2.05) is 0 Å². The molecule has 1 aliphatic rings. The molecule has 1 atom stereocenters. The van der Waals surface area contributed by atoms with Crippen LogP contribution in [0.4, 0.5) is 5.82 Å². The molecule has 1 aromatic heterocycles. The van der Waals surface area contributed by atoms with Gasteiger partial charge in [-0.2, -0.15) is 0 Å². The largest absolute Gasteiger partial charge is 0.363 e. The lowest BCUT2D eigenvalue weighted by Gasteiger charge is -2.18. The van der Waals surface area contributed by atoms with Crippen molar-refractivity contribution in [2.75, 3.05) is 5.32 Å². The van der Waals surface area contributed by atoms with E-state index in [0.717, 1.165) is 25.8 Å². The van der Waals surface area contributed by atoms with Gasteiger partial charge in [-0.05, 0) is 31.1 Å². The van der Waals surface area contributed by atoms with E-state index in [-0.39, 0.29) is 5.56 Å². The van der Waals surface area contributed by atoms with Gasteiger partial charge in [0, 0.05) is 25.0 Å². The molecule has 0 bridgehead atoms. The molecular weight excluding hydrogens is 226 g/mol. The summed E-state index contributed by atoms with van der Waals surface area (Å²) in [5, 5.41) is 3.32. The van der Waals surface area contributed by atoms with Gasteiger partial charge in [-0.15, -0.1) is 0 Å². The van der Waals surface area contributed by atoms with Crippen LogP contribution in [0.15, 0.2) is 17.2 Å². The third-order valence-corrected chi connectivity index (χ3v) is 3.69. The average Bonchev–Trinajstić information content (AvgIpc) is 2.64. The van der Waals surface area contributed by atoms with Crippen LogP contribution in [0.2, 0.25) is 0 Å². The lowest BCUT2D eigenvalue weighted by molar-refractivity contribution is 0.378. The van der Waals surface area contributed by atoms with Crippen molar-refractivity contribution in [1.82, 2.24) is 9.55 Å². The predicted molar refractivity (Wildman–Crippen MR) is 73.8 cm³/mol. The summed E-state index contributed by atoms with van der Waals surface area (Å²) in [6, 6.07) is 0.387. The van der Waals surface area contributed by atoms with E-state index < -0.39 is 0 Å². The van der Waals surface area contributed by atoms with E-state index in [2.05, 4.69) is 31.1 Å². The van der Waals surface area contributed by atoms with Crippen molar-refractivity contribution >= 4 is 5.82 Å². The third kappa shape index (κ3) is 2.92. The molecule has 0 saturated heterocycles. The molecule has 0 aromatic carbocycles. The number of hydrogen-bond donors (Lipinski definition) is 1. The van der Waals surface area contributed by atoms with Gasteiger partial charge in [-0.1, -0.05) is 20.8 Å². The third-order valence-electron chi connectivity index (χ3n) is 3.69. The Morgan fingerprint density at radius 2 is 2.33 bits per heavy atom. The quantitative estimate of drug-likeness (QED) is 0.892. The maximum atomic E-state index is 12.1. The molecule has 4 nitrogen and oxygen atoms in total. The van der Waals surface area contributed by atoms with Gasteiger partial charge in [0.1, 0.15) is 0 Å². The lowest BCUT2D eigenvalue weighted by atomic mass is 9.92. The van der Waals surface area contributed by atoms with Gasteiger partial charge in [0.2, 0.25) is 0 Å². The minimum Gasteiger partial charge on any atom is -0.363 e. The molecular formula is C14H23N3O. The summed E-state index contributed by atoms with van der Waals surface area (Å²) in [6.07, 6.45) is 7.86. The first-order chi connectivity index (χ1) is 8.52. The Balaban J connectivity index is 2.10. The Bertz CT molecular complexity index is 464. The van der Waals surface area contributed by atoms with Gasteiger partial charge in [0.15, 0.2) is 5.82 Å². The molecule has 1 aliphatic carbocycles. The first kappa shape index (κ1) is 13.1. The van der Waals surface area contributed by atoms with Crippen LogP contribution in [0.3, 0.4) is 0 Å². The number of aryl methyl sites for hydroxylation is 1. The van der Waals surface area contributed by atoms with Crippen LogP contribution in [0, 0.1) is 5.41 Å². The second-order valence-electron chi connectivity index (χ2n) is 6.02. The molecule has 1 aromatic rings. The van der Waals surface area contributed by atoms with Crippen molar-refractivity contribution in [3.8, 4) is 0 Å². The minimum absolute atomic E-state index is 0.00376. The summed E-state index contributed by atoms with van der Waals surface area (Å²) in [5.41, 5.74) is 0.388. The normalized spacial score (nSPS) is 22.1. The summed E-state index contributed by atoms with van der Waals surface area (Å²) in [7, 11) is 0. The highest BCUT2D eigenvalue weighted by molar-refractivity contribution is 5.32. The molecule has 0 aliphatic heterocycles. The zero-order valence-electron chi connectivity index (χ0n) is 11.6. The Hall–Kier alpha value is -1.32. The Labute approximate surface area is 108 Å². The summed E-state index contributed by atoms with van der Waals surface area (Å²) >= 11 is 0. The zero-order chi connectivity index (χ0) is 13.2. The molecule has 1 heterocycles. The fraction of sp³-hybridized carbons (Fsp3) is 0.714. The average molecular weight is 249 g/mol. The summed E-state index contributed by atoms with van der Waals surface area (Å²) in [5.74, 6) is 0.508. The van der Waals surface area contributed by atoms with Crippen LogP contribution in [0.1, 0.15) is 46.5 Å². The standard InChI is InChI=1S/C14H23N3O/c1-4-8-17-9-7-15-12(13(17)18)16-11-5-6-14(2,3)10-11/h7,9,11H,4-6,8,10H2,1-3H3,(H,15,16). The van der Waals surface area contributed by atoms with E-state index in [0.29, 0.717) is 17.3 Å². The summed E-state index contributed by atoms with van der Waals surface area (Å²) in [4.78, 5) is 16.3. The van der Waals surface area contributed by atoms with Crippen LogP contribution in [-0.4, -0.2) is 15.6 Å². The maximum absolute atomic E-state index is 12.1. The van der Waals surface area contributed by atoms with Crippen LogP contribution in [0.5, 0.6) is 0 Å². The van der Waals surface area contributed by atoms with Crippen molar-refractivity contribution in [2.45, 2.75) is 59.0 Å². The van der Waals surface area contributed by atoms with Gasteiger partial charge in [-0.25, -0.2) is 4.98 Å². The van der Waals surface area contributed by atoms with Crippen molar-refractivity contribution in [2.24, 2.45) is 5.41 Å². The highest BCUT2D eigenvalue weighted by Crippen LogP contribution is 2.37. The molecule has 100 valence electrons. The van der Waals surface area contributed by atoms with Gasteiger partial charge in [0.25, 0.3) is 5.56 Å². The van der Waals surface area contributed by atoms with Crippen LogP contribution in [-0.2, 0) is 6.54 Å². The van der Waals surface area contributed by atoms with E-state index in [9.17, 15) is 4.79 Å². The van der Waals surface area contributed by atoms with Crippen molar-refractivity contribution in [1.29, 1.82) is 0 Å². The van der Waals surface area contributed by atoms with Gasteiger partial charge >= 0.3 is 0 Å². The number of nitrogens with one attached hydrogen (secondary N) is 1. The summed E-state index contributed by atoms with van der Waals surface area (Å²) < 4.78 is 1.73. The smallest absolute Gasteiger partial charge is 0.293 e. The molecule has 0 spiro atoms. The molecule has 2 rings (SSSR count). The second-order valence-corrected chi connectivity index (χ2v) is 6.02. The Morgan fingerprint density at radius 1 is 1.56 bits per heavy atom. The molecule has 0 radical (unpaired) electrons. The predicted octanol–water partition coefficient (Wildman–Crippen LogP) is 2.64. The molecule has 0 amide bonds. The molecule has 1 fully saturated rings. The first-order valence-electron chi connectivity index (χ1n) is 6.84. The lowest BCUT2D eigenvalue weighted by Crippen LogP contribution is -2.28. The second kappa shape index (κ2) is 5.12. The number of rotatable bonds is 4. The molecule has 4 heteroatoms. The number of hydrogen-bond acceptors (Lipinski definition) is 3. The van der Waals surface area contributed by atoms with E-state index in [1.54, 1.807) is 17.0 Å². The van der Waals surface area contributed by atoms with Crippen LogP contribution < -0.4 is 10.9 Å². The zero-order valence-corrected chi connectivity index (χ0v) is 11.6. The van der Waals surface area contributed by atoms with Crippen molar-refractivity contribution < 1.29 is 0 Å². The number of aromatic nitrogens is 2. The Morgan fingerprint density at radius 3 is 2.94 bits per heavy atom. The fourth-order valence-electron chi connectivity index (χ4n) is 2.72. The van der Waals surface area contributed by atoms with Crippen LogP contribution >= 0.6 is 0 Å². The monoisotopic (exact) mass is 249 g/mol. The molecule has 1 saturated carbocycles. The van der Waals surface area contributed by atoms with Crippen molar-refractivity contribution in [3.63, 3.8) is 0 Å². The fourth-order valence-corrected chi connectivity index (χ4v) is 2.72. The number of anilines is 1. The van der Waals surface area contributed by atoms with E-state index in [4.69, 9.17) is 0 Å². The van der Waals surface area contributed by atoms with E-state index >= 15 is 0 Å². The van der Waals surface area contributed by atoms with Crippen molar-refractivity contribution in [3.05, 3.63) is 22.7 Å². The summed E-state index contributed by atoms with van der Waals surface area (Å²) in [6.45, 7) is 7.39. The number of nitrogens with zero attached hydrogens (tertiary/aromatic N) is 2. The van der Waals surface area contributed by atoms with Crippen LogP contribution in [0.25, 0.3) is 0 Å². The van der Waals surface area contributed by atoms with E-state index in [1.165, 1.54) is 6.42 Å². The van der Waals surface area contributed by atoms with Gasteiger partial charge < -0.3 is 9.88 Å². The highest BCUT2D eigenvalue weighted by atomic mass is 16.1. The minimum atomic E-state index is 0.00376. The Kier molecular flexibility index (Phi) is 3.73. The van der Waals surface area contributed by atoms with Gasteiger partial charge in [-0.3, -0.25) is 4.79 Å². The first-order valence-corrected chi connectivity index (χ1v) is 6.84. The molecule has 18 heavy (non-hydrogen) atoms. The topological polar surface area (TPSA) is 46.9 Å². The van der Waals surface area contributed by atoms with Gasteiger partial charge in [0.05, 0.1) is 0 Å². The molecule has 1 N–H and O–H groups in total. The SMILES string of the molecule is CCCn1ccnc(NC2CCC(C)(C)C2)c1=O. The highest BCUT2D eigenvalue weighted by Gasteiger charge is 2.31. The maximum Gasteiger partial charge on any atom is 0.293 e. The molecule has 1 unspecified atom stereocenters.